The average molecular weight is 392 g/mol. The molecule has 142 valence electrons. The fourth-order valence-electron chi connectivity index (χ4n) is 2.81. The quantitative estimate of drug-likeness (QED) is 0.386. The predicted octanol–water partition coefficient (Wildman–Crippen LogP) is 3.86. The Morgan fingerprint density at radius 1 is 1.07 bits per heavy atom. The van der Waals surface area contributed by atoms with Crippen molar-refractivity contribution in [3.05, 3.63) is 72.2 Å². The second kappa shape index (κ2) is 8.67. The number of nitrogens with one attached hydrogen (secondary N) is 2. The van der Waals surface area contributed by atoms with Gasteiger partial charge in [0.1, 0.15) is 5.76 Å². The molecule has 0 bridgehead atoms. The van der Waals surface area contributed by atoms with E-state index < -0.39 is 0 Å². The van der Waals surface area contributed by atoms with Crippen LogP contribution in [0.1, 0.15) is 11.5 Å². The first-order valence-electron chi connectivity index (χ1n) is 9.11. The van der Waals surface area contributed by atoms with E-state index in [4.69, 9.17) is 4.42 Å². The Labute approximate surface area is 167 Å². The maximum atomic E-state index is 5.96. The number of pyridine rings is 1. The van der Waals surface area contributed by atoms with Gasteiger partial charge >= 0.3 is 0 Å². The van der Waals surface area contributed by atoms with Gasteiger partial charge in [0.05, 0.1) is 16.8 Å². The molecular weight excluding hydrogens is 370 g/mol. The number of hydrogen-bond acceptors (Lipinski definition) is 5. The highest BCUT2D eigenvalue weighted by molar-refractivity contribution is 7.21. The number of furan rings is 1. The minimum atomic E-state index is 0.550. The van der Waals surface area contributed by atoms with Crippen LogP contribution in [0.3, 0.4) is 0 Å². The van der Waals surface area contributed by atoms with Gasteiger partial charge in [0.25, 0.3) is 0 Å². The van der Waals surface area contributed by atoms with Gasteiger partial charge in [-0.3, -0.25) is 9.98 Å². The van der Waals surface area contributed by atoms with Crippen LogP contribution in [0, 0.1) is 0 Å². The molecule has 2 N–H and O–H groups in total. The summed E-state index contributed by atoms with van der Waals surface area (Å²) in [6.45, 7) is 1.31. The number of nitrogens with zero attached hydrogens (tertiary/aromatic N) is 3. The van der Waals surface area contributed by atoms with Crippen molar-refractivity contribution in [1.82, 2.24) is 20.6 Å². The smallest absolute Gasteiger partial charge is 0.191 e. The van der Waals surface area contributed by atoms with Crippen LogP contribution < -0.4 is 10.6 Å². The third kappa shape index (κ3) is 4.37. The van der Waals surface area contributed by atoms with Crippen LogP contribution in [-0.2, 0) is 13.0 Å². The number of rotatable bonds is 6. The largest absolute Gasteiger partial charge is 0.457 e. The lowest BCUT2D eigenvalue weighted by Crippen LogP contribution is -2.37. The van der Waals surface area contributed by atoms with Crippen LogP contribution in [0.2, 0.25) is 0 Å². The molecule has 0 aliphatic rings. The van der Waals surface area contributed by atoms with Crippen LogP contribution in [0.5, 0.6) is 0 Å². The molecule has 4 aromatic rings. The molecule has 6 nitrogen and oxygen atoms in total. The summed E-state index contributed by atoms with van der Waals surface area (Å²) in [6.07, 6.45) is 2.65. The molecule has 3 heterocycles. The Bertz CT molecular complexity index is 1040. The summed E-state index contributed by atoms with van der Waals surface area (Å²) in [5.41, 5.74) is 2.05. The van der Waals surface area contributed by atoms with Crippen molar-refractivity contribution in [2.24, 2.45) is 4.99 Å². The Morgan fingerprint density at radius 2 is 1.96 bits per heavy atom. The summed E-state index contributed by atoms with van der Waals surface area (Å²) in [4.78, 5) is 13.2. The van der Waals surface area contributed by atoms with Crippen LogP contribution in [0.15, 0.2) is 70.2 Å². The zero-order valence-corrected chi connectivity index (χ0v) is 16.4. The Kier molecular flexibility index (Phi) is 5.63. The molecule has 0 spiro atoms. The Balaban J connectivity index is 1.31. The zero-order chi connectivity index (χ0) is 19.2. The molecule has 0 atom stereocenters. The lowest BCUT2D eigenvalue weighted by atomic mass is 10.3. The summed E-state index contributed by atoms with van der Waals surface area (Å²) < 4.78 is 7.12. The number of aromatic nitrogens is 2. The number of aliphatic imine (C=N–C) groups is 1. The van der Waals surface area contributed by atoms with Crippen LogP contribution >= 0.6 is 11.3 Å². The third-order valence-corrected chi connectivity index (χ3v) is 5.27. The molecule has 0 fully saturated rings. The van der Waals surface area contributed by atoms with Gasteiger partial charge in [0.2, 0.25) is 0 Å². The topological polar surface area (TPSA) is 75.3 Å². The van der Waals surface area contributed by atoms with E-state index in [1.165, 1.54) is 0 Å². The molecule has 0 aliphatic carbocycles. The van der Waals surface area contributed by atoms with Crippen molar-refractivity contribution >= 4 is 27.5 Å². The molecule has 0 saturated carbocycles. The van der Waals surface area contributed by atoms with Gasteiger partial charge in [0, 0.05) is 31.9 Å². The van der Waals surface area contributed by atoms with Gasteiger partial charge in [-0.25, -0.2) is 4.98 Å². The van der Waals surface area contributed by atoms with Gasteiger partial charge in [-0.1, -0.05) is 18.2 Å². The predicted molar refractivity (Wildman–Crippen MR) is 113 cm³/mol. The molecule has 0 amide bonds. The second-order valence-electron chi connectivity index (χ2n) is 6.18. The van der Waals surface area contributed by atoms with Crippen LogP contribution in [0.25, 0.3) is 21.0 Å². The molecule has 0 radical (unpaired) electrons. The lowest BCUT2D eigenvalue weighted by Gasteiger charge is -2.10. The van der Waals surface area contributed by atoms with Crippen molar-refractivity contribution in [1.29, 1.82) is 0 Å². The van der Waals surface area contributed by atoms with Crippen molar-refractivity contribution in [2.45, 2.75) is 13.0 Å². The van der Waals surface area contributed by atoms with E-state index in [0.717, 1.165) is 51.4 Å². The molecule has 7 heteroatoms. The molecule has 0 unspecified atom stereocenters. The van der Waals surface area contributed by atoms with Crippen LogP contribution in [0.4, 0.5) is 0 Å². The van der Waals surface area contributed by atoms with E-state index in [1.807, 2.05) is 54.7 Å². The summed E-state index contributed by atoms with van der Waals surface area (Å²) in [7, 11) is 1.75. The number of para-hydroxylation sites is 1. The first kappa shape index (κ1) is 18.2. The maximum absolute atomic E-state index is 5.96. The van der Waals surface area contributed by atoms with Gasteiger partial charge < -0.3 is 15.1 Å². The maximum Gasteiger partial charge on any atom is 0.191 e. The number of thiazole rings is 1. The first-order valence-corrected chi connectivity index (χ1v) is 9.92. The monoisotopic (exact) mass is 391 g/mol. The van der Waals surface area contributed by atoms with E-state index in [0.29, 0.717) is 6.54 Å². The van der Waals surface area contributed by atoms with Crippen molar-refractivity contribution in [2.75, 3.05) is 13.6 Å². The Hall–Kier alpha value is -3.19. The molecule has 4 rings (SSSR count). The molecule has 28 heavy (non-hydrogen) atoms. The van der Waals surface area contributed by atoms with Crippen molar-refractivity contribution < 1.29 is 4.42 Å². The van der Waals surface area contributed by atoms with E-state index in [-0.39, 0.29) is 0 Å². The number of fused-ring (bicyclic) bond motifs is 1. The number of benzene rings is 1. The van der Waals surface area contributed by atoms with Gasteiger partial charge in [0.15, 0.2) is 16.7 Å². The van der Waals surface area contributed by atoms with Crippen molar-refractivity contribution in [3.63, 3.8) is 0 Å². The van der Waals surface area contributed by atoms with E-state index in [2.05, 4.69) is 31.7 Å². The van der Waals surface area contributed by atoms with Crippen molar-refractivity contribution in [3.8, 4) is 10.8 Å². The second-order valence-corrected chi connectivity index (χ2v) is 7.21. The van der Waals surface area contributed by atoms with E-state index in [1.54, 1.807) is 18.4 Å². The SMILES string of the molecule is CN=C(NCCc1ccccn1)NCc1ccc(-c2nc3ccccc3s2)o1. The highest BCUT2D eigenvalue weighted by Gasteiger charge is 2.10. The number of hydrogen-bond donors (Lipinski definition) is 2. The third-order valence-electron chi connectivity index (χ3n) is 4.22. The summed E-state index contributed by atoms with van der Waals surface area (Å²) in [5, 5.41) is 7.46. The van der Waals surface area contributed by atoms with Gasteiger partial charge in [-0.2, -0.15) is 0 Å². The van der Waals surface area contributed by atoms with E-state index >= 15 is 0 Å². The van der Waals surface area contributed by atoms with E-state index in [9.17, 15) is 0 Å². The average Bonchev–Trinajstić information content (AvgIpc) is 3.38. The molecule has 3 aromatic heterocycles. The molecule has 0 aliphatic heterocycles. The zero-order valence-electron chi connectivity index (χ0n) is 15.6. The highest BCUT2D eigenvalue weighted by Crippen LogP contribution is 2.31. The summed E-state index contributed by atoms with van der Waals surface area (Å²) in [6, 6.07) is 18.0. The molecule has 1 aromatic carbocycles. The Morgan fingerprint density at radius 3 is 2.79 bits per heavy atom. The van der Waals surface area contributed by atoms with Gasteiger partial charge in [-0.15, -0.1) is 11.3 Å². The minimum absolute atomic E-state index is 0.550. The molecular formula is C21H21N5OS. The fourth-order valence-corrected chi connectivity index (χ4v) is 3.74. The highest BCUT2D eigenvalue weighted by atomic mass is 32.1. The summed E-state index contributed by atoms with van der Waals surface area (Å²) >= 11 is 1.63. The number of guanidine groups is 1. The minimum Gasteiger partial charge on any atom is -0.457 e. The molecule has 0 saturated heterocycles. The normalized spacial score (nSPS) is 11.7. The van der Waals surface area contributed by atoms with Crippen LogP contribution in [-0.4, -0.2) is 29.5 Å². The summed E-state index contributed by atoms with van der Waals surface area (Å²) in [5.74, 6) is 2.35. The lowest BCUT2D eigenvalue weighted by molar-refractivity contribution is 0.513. The van der Waals surface area contributed by atoms with Gasteiger partial charge in [-0.05, 0) is 36.4 Å². The fraction of sp³-hybridized carbons (Fsp3) is 0.190. The standard InChI is InChI=1S/C21H21N5OS/c1-22-21(24-13-11-15-6-4-5-12-23-15)25-14-16-9-10-18(27-16)20-26-17-7-2-3-8-19(17)28-20/h2-10,12H,11,13-14H2,1H3,(H2,22,24,25). The first-order chi connectivity index (χ1) is 13.8.